The second kappa shape index (κ2) is 9.48. The fourth-order valence-electron chi connectivity index (χ4n) is 3.77. The van der Waals surface area contributed by atoms with Gasteiger partial charge in [0.1, 0.15) is 18.1 Å². The number of fused-ring (bicyclic) bond motifs is 1. The summed E-state index contributed by atoms with van der Waals surface area (Å²) < 4.78 is 17.5. The fraction of sp³-hybridized carbons (Fsp3) is 0.154. The average Bonchev–Trinajstić information content (AvgIpc) is 3.15. The molecular formula is C26H23NO6. The van der Waals surface area contributed by atoms with E-state index >= 15 is 0 Å². The maximum absolute atomic E-state index is 12.7. The van der Waals surface area contributed by atoms with Crippen molar-refractivity contribution < 1.29 is 28.9 Å². The van der Waals surface area contributed by atoms with Crippen LogP contribution in [0, 0.1) is 0 Å². The van der Waals surface area contributed by atoms with Gasteiger partial charge in [-0.15, -0.1) is 0 Å². The zero-order valence-electron chi connectivity index (χ0n) is 18.3. The molecular weight excluding hydrogens is 422 g/mol. The van der Waals surface area contributed by atoms with Crippen LogP contribution in [0.3, 0.4) is 0 Å². The smallest absolute Gasteiger partial charge is 0.340 e. The van der Waals surface area contributed by atoms with E-state index in [1.165, 1.54) is 26.4 Å². The van der Waals surface area contributed by atoms with Gasteiger partial charge in [-0.2, -0.15) is 0 Å². The number of ether oxygens (including phenoxy) is 3. The van der Waals surface area contributed by atoms with Crippen LogP contribution in [0.2, 0.25) is 0 Å². The molecule has 168 valence electrons. The summed E-state index contributed by atoms with van der Waals surface area (Å²) in [7, 11) is 2.56. The van der Waals surface area contributed by atoms with Crippen molar-refractivity contribution in [2.24, 2.45) is 0 Å². The molecule has 1 heterocycles. The van der Waals surface area contributed by atoms with E-state index in [2.05, 4.69) is 0 Å². The highest BCUT2D eigenvalue weighted by Crippen LogP contribution is 2.33. The van der Waals surface area contributed by atoms with Crippen molar-refractivity contribution in [3.63, 3.8) is 0 Å². The number of hydrogen-bond acceptors (Lipinski definition) is 6. The summed E-state index contributed by atoms with van der Waals surface area (Å²) in [5.74, 6) is -0.430. The number of methoxy groups -OCH3 is 2. The van der Waals surface area contributed by atoms with E-state index in [9.17, 15) is 14.7 Å². The van der Waals surface area contributed by atoms with Gasteiger partial charge in [-0.05, 0) is 48.0 Å². The largest absolute Gasteiger partial charge is 0.508 e. The van der Waals surface area contributed by atoms with Crippen LogP contribution in [0.1, 0.15) is 21.6 Å². The van der Waals surface area contributed by atoms with Gasteiger partial charge < -0.3 is 23.9 Å². The SMILES string of the molecule is COC(=O)Cc1c(C(=O)OC)c2cc(O)ccc2n1-c1ccc(OCc2ccccc2)cc1. The second-order valence-corrected chi connectivity index (χ2v) is 7.37. The summed E-state index contributed by atoms with van der Waals surface area (Å²) in [6, 6.07) is 21.9. The van der Waals surface area contributed by atoms with Gasteiger partial charge in [0.25, 0.3) is 0 Å². The van der Waals surface area contributed by atoms with Crippen LogP contribution in [0.15, 0.2) is 72.8 Å². The zero-order chi connectivity index (χ0) is 23.4. The fourth-order valence-corrected chi connectivity index (χ4v) is 3.77. The Morgan fingerprint density at radius 3 is 2.30 bits per heavy atom. The minimum absolute atomic E-state index is 0.000851. The van der Waals surface area contributed by atoms with Crippen LogP contribution in [-0.4, -0.2) is 35.8 Å². The molecule has 0 saturated carbocycles. The highest BCUT2D eigenvalue weighted by molar-refractivity contribution is 6.07. The number of benzene rings is 3. The van der Waals surface area contributed by atoms with Crippen LogP contribution in [0.4, 0.5) is 0 Å². The Bertz CT molecular complexity index is 1290. The van der Waals surface area contributed by atoms with Gasteiger partial charge in [-0.1, -0.05) is 30.3 Å². The molecule has 33 heavy (non-hydrogen) atoms. The summed E-state index contributed by atoms with van der Waals surface area (Å²) in [6.07, 6.45) is -0.150. The first-order valence-corrected chi connectivity index (χ1v) is 10.3. The van der Waals surface area contributed by atoms with E-state index < -0.39 is 11.9 Å². The number of aromatic nitrogens is 1. The standard InChI is InChI=1S/C26H23NO6/c1-31-24(29)15-23-25(26(30)32-2)21-14-19(28)10-13-22(21)27(23)18-8-11-20(12-9-18)33-16-17-6-4-3-5-7-17/h3-14,28H,15-16H2,1-2H3. The van der Waals surface area contributed by atoms with Gasteiger partial charge in [0.15, 0.2) is 0 Å². The maximum atomic E-state index is 12.7. The molecule has 0 bridgehead atoms. The van der Waals surface area contributed by atoms with E-state index in [4.69, 9.17) is 14.2 Å². The first-order chi connectivity index (χ1) is 16.0. The summed E-state index contributed by atoms with van der Waals surface area (Å²) in [5, 5.41) is 10.5. The van der Waals surface area contributed by atoms with Crippen molar-refractivity contribution in [2.45, 2.75) is 13.0 Å². The molecule has 4 rings (SSSR count). The molecule has 1 aromatic heterocycles. The Kier molecular flexibility index (Phi) is 6.31. The number of nitrogens with zero attached hydrogens (tertiary/aromatic N) is 1. The molecule has 3 aromatic carbocycles. The van der Waals surface area contributed by atoms with Crippen molar-refractivity contribution in [3.05, 3.63) is 89.6 Å². The molecule has 7 nitrogen and oxygen atoms in total. The van der Waals surface area contributed by atoms with Crippen molar-refractivity contribution >= 4 is 22.8 Å². The van der Waals surface area contributed by atoms with E-state index in [0.717, 1.165) is 5.56 Å². The molecule has 0 radical (unpaired) electrons. The predicted octanol–water partition coefficient (Wildman–Crippen LogP) is 4.42. The molecule has 4 aromatic rings. The lowest BCUT2D eigenvalue weighted by atomic mass is 10.1. The van der Waals surface area contributed by atoms with E-state index in [0.29, 0.717) is 34.6 Å². The number of esters is 2. The number of hydrogen-bond donors (Lipinski definition) is 1. The first kappa shape index (κ1) is 22.0. The minimum atomic E-state index is -0.605. The molecule has 0 aliphatic carbocycles. The number of carbonyl (C=O) groups excluding carboxylic acids is 2. The Hall–Kier alpha value is -4.26. The average molecular weight is 445 g/mol. The number of aromatic hydroxyl groups is 1. The highest BCUT2D eigenvalue weighted by Gasteiger charge is 2.26. The molecule has 0 saturated heterocycles. The quantitative estimate of drug-likeness (QED) is 0.424. The number of rotatable bonds is 7. The molecule has 0 aliphatic heterocycles. The third-order valence-electron chi connectivity index (χ3n) is 5.32. The lowest BCUT2D eigenvalue weighted by Crippen LogP contribution is -2.14. The minimum Gasteiger partial charge on any atom is -0.508 e. The maximum Gasteiger partial charge on any atom is 0.340 e. The van der Waals surface area contributed by atoms with E-state index in [1.54, 1.807) is 10.6 Å². The lowest BCUT2D eigenvalue weighted by molar-refractivity contribution is -0.139. The van der Waals surface area contributed by atoms with Gasteiger partial charge in [0.05, 0.1) is 31.7 Å². The van der Waals surface area contributed by atoms with Crippen molar-refractivity contribution in [1.29, 1.82) is 0 Å². The van der Waals surface area contributed by atoms with Crippen LogP contribution in [-0.2, 0) is 27.3 Å². The zero-order valence-corrected chi connectivity index (χ0v) is 18.3. The Labute approximate surface area is 190 Å². The molecule has 0 atom stereocenters. The lowest BCUT2D eigenvalue weighted by Gasteiger charge is -2.13. The van der Waals surface area contributed by atoms with Gasteiger partial charge >= 0.3 is 11.9 Å². The van der Waals surface area contributed by atoms with Gasteiger partial charge in [0.2, 0.25) is 0 Å². The van der Waals surface area contributed by atoms with E-state index in [1.807, 2.05) is 54.6 Å². The van der Waals surface area contributed by atoms with Gasteiger partial charge in [-0.3, -0.25) is 4.79 Å². The number of phenolic OH excluding ortho intramolecular Hbond substituents is 1. The molecule has 0 aliphatic rings. The Morgan fingerprint density at radius 1 is 0.909 bits per heavy atom. The summed E-state index contributed by atoms with van der Waals surface area (Å²) >= 11 is 0. The van der Waals surface area contributed by atoms with Gasteiger partial charge in [0, 0.05) is 16.8 Å². The summed E-state index contributed by atoms with van der Waals surface area (Å²) in [6.45, 7) is 0.437. The van der Waals surface area contributed by atoms with E-state index in [-0.39, 0.29) is 17.7 Å². The summed E-state index contributed by atoms with van der Waals surface area (Å²) in [4.78, 5) is 24.8. The molecule has 7 heteroatoms. The van der Waals surface area contributed by atoms with Crippen LogP contribution < -0.4 is 4.74 Å². The van der Waals surface area contributed by atoms with Crippen LogP contribution in [0.25, 0.3) is 16.6 Å². The van der Waals surface area contributed by atoms with Crippen molar-refractivity contribution in [1.82, 2.24) is 4.57 Å². The molecule has 1 N–H and O–H groups in total. The monoisotopic (exact) mass is 445 g/mol. The Balaban J connectivity index is 1.78. The number of phenols is 1. The molecule has 0 fully saturated rings. The molecule has 0 spiro atoms. The number of carbonyl (C=O) groups is 2. The molecule has 0 unspecified atom stereocenters. The van der Waals surface area contributed by atoms with Crippen molar-refractivity contribution in [3.8, 4) is 17.2 Å². The summed E-state index contributed by atoms with van der Waals surface area (Å²) in [5.41, 5.74) is 3.03. The normalized spacial score (nSPS) is 10.7. The third-order valence-corrected chi connectivity index (χ3v) is 5.32. The topological polar surface area (TPSA) is 87.0 Å². The van der Waals surface area contributed by atoms with Gasteiger partial charge in [-0.25, -0.2) is 4.79 Å². The molecule has 0 amide bonds. The van der Waals surface area contributed by atoms with Crippen LogP contribution >= 0.6 is 0 Å². The predicted molar refractivity (Wildman–Crippen MR) is 123 cm³/mol. The first-order valence-electron chi connectivity index (χ1n) is 10.3. The third kappa shape index (κ3) is 4.52. The second-order valence-electron chi connectivity index (χ2n) is 7.37. The van der Waals surface area contributed by atoms with Crippen LogP contribution in [0.5, 0.6) is 11.5 Å². The highest BCUT2D eigenvalue weighted by atomic mass is 16.5. The van der Waals surface area contributed by atoms with Crippen molar-refractivity contribution in [2.75, 3.05) is 14.2 Å². The Morgan fingerprint density at radius 2 is 1.64 bits per heavy atom.